The Balaban J connectivity index is 2.16. The van der Waals surface area contributed by atoms with E-state index in [1.165, 1.54) is 0 Å². The standard InChI is InChI=1S/C18H24N2O5S/c1-5-20(6-2)17-18(12-8-10-13(24-4)11-9-12)14(16(21)25-7-3)15(18)26(22,23)19-17/h8-11,14-15H,5-7H2,1-4H3. The number of ether oxygens (including phenoxy) is 2. The summed E-state index contributed by atoms with van der Waals surface area (Å²) in [5.74, 6) is -0.154. The lowest BCUT2D eigenvalue weighted by Crippen LogP contribution is -2.40. The average molecular weight is 380 g/mol. The van der Waals surface area contributed by atoms with Crippen molar-refractivity contribution in [1.29, 1.82) is 0 Å². The zero-order valence-corrected chi connectivity index (χ0v) is 16.2. The molecular formula is C18H24N2O5S. The van der Waals surface area contributed by atoms with Gasteiger partial charge in [0.1, 0.15) is 16.8 Å². The van der Waals surface area contributed by atoms with Crippen LogP contribution in [0.2, 0.25) is 0 Å². The Morgan fingerprint density at radius 2 is 1.81 bits per heavy atom. The van der Waals surface area contributed by atoms with Crippen LogP contribution in [0.1, 0.15) is 26.3 Å². The first-order valence-corrected chi connectivity index (χ1v) is 10.3. The number of sulfonamides is 1. The fraction of sp³-hybridized carbons (Fsp3) is 0.556. The fourth-order valence-corrected chi connectivity index (χ4v) is 6.08. The summed E-state index contributed by atoms with van der Waals surface area (Å²) in [6.07, 6.45) is 0. The maximum Gasteiger partial charge on any atom is 0.311 e. The van der Waals surface area contributed by atoms with Crippen LogP contribution >= 0.6 is 0 Å². The van der Waals surface area contributed by atoms with Crippen LogP contribution in [-0.4, -0.2) is 57.2 Å². The molecule has 1 aliphatic heterocycles. The van der Waals surface area contributed by atoms with Gasteiger partial charge in [0.05, 0.1) is 25.0 Å². The molecule has 1 aromatic carbocycles. The Labute approximate surface area is 154 Å². The van der Waals surface area contributed by atoms with Crippen LogP contribution in [0.5, 0.6) is 5.75 Å². The smallest absolute Gasteiger partial charge is 0.311 e. The van der Waals surface area contributed by atoms with Crippen LogP contribution in [0, 0.1) is 5.92 Å². The van der Waals surface area contributed by atoms with Gasteiger partial charge < -0.3 is 14.4 Å². The van der Waals surface area contributed by atoms with E-state index in [1.807, 2.05) is 30.9 Å². The summed E-state index contributed by atoms with van der Waals surface area (Å²) in [7, 11) is -2.22. The highest BCUT2D eigenvalue weighted by molar-refractivity contribution is 7.91. The van der Waals surface area contributed by atoms with E-state index in [0.29, 0.717) is 24.7 Å². The van der Waals surface area contributed by atoms with Crippen LogP contribution in [0.15, 0.2) is 28.7 Å². The number of rotatable bonds is 6. The normalized spacial score (nSPS) is 28.1. The van der Waals surface area contributed by atoms with Crippen LogP contribution < -0.4 is 4.74 Å². The second kappa shape index (κ2) is 6.57. The predicted molar refractivity (Wildman–Crippen MR) is 97.9 cm³/mol. The van der Waals surface area contributed by atoms with Crippen molar-refractivity contribution < 1.29 is 22.7 Å². The minimum Gasteiger partial charge on any atom is -0.497 e. The summed E-state index contributed by atoms with van der Waals surface area (Å²) >= 11 is 0. The predicted octanol–water partition coefficient (Wildman–Crippen LogP) is 1.58. The molecule has 0 N–H and O–H groups in total. The van der Waals surface area contributed by atoms with Crippen LogP contribution in [-0.2, 0) is 25.0 Å². The van der Waals surface area contributed by atoms with Crippen molar-refractivity contribution in [2.75, 3.05) is 26.8 Å². The number of fused-ring (bicyclic) bond motifs is 1. The molecule has 1 heterocycles. The highest BCUT2D eigenvalue weighted by Gasteiger charge is 2.82. The number of carbonyl (C=O) groups is 1. The fourth-order valence-electron chi connectivity index (χ4n) is 4.01. The second-order valence-corrected chi connectivity index (χ2v) is 8.07. The van der Waals surface area contributed by atoms with E-state index in [0.717, 1.165) is 5.56 Å². The number of methoxy groups -OCH3 is 1. The second-order valence-electron chi connectivity index (χ2n) is 6.35. The van der Waals surface area contributed by atoms with Crippen molar-refractivity contribution in [1.82, 2.24) is 4.90 Å². The van der Waals surface area contributed by atoms with Gasteiger partial charge in [0.25, 0.3) is 10.0 Å². The highest BCUT2D eigenvalue weighted by Crippen LogP contribution is 2.64. The molecule has 0 radical (unpaired) electrons. The zero-order valence-electron chi connectivity index (χ0n) is 15.4. The van der Waals surface area contributed by atoms with E-state index in [9.17, 15) is 13.2 Å². The zero-order chi connectivity index (χ0) is 19.1. The lowest BCUT2D eigenvalue weighted by Gasteiger charge is -2.28. The number of esters is 1. The Hall–Kier alpha value is -2.09. The molecule has 1 fully saturated rings. The SMILES string of the molecule is CCOC(=O)C1C2C1(c1ccc(OC)cc1)C(N(CC)CC)=NS2(=O)=O. The van der Waals surface area contributed by atoms with Crippen LogP contribution in [0.3, 0.4) is 0 Å². The third-order valence-corrected chi connectivity index (χ3v) is 6.92. The Bertz CT molecular complexity index is 830. The van der Waals surface area contributed by atoms with Crippen LogP contribution in [0.25, 0.3) is 0 Å². The molecule has 2 aliphatic rings. The van der Waals surface area contributed by atoms with Crippen LogP contribution in [0.4, 0.5) is 0 Å². The molecule has 8 heteroatoms. The maximum absolute atomic E-state index is 12.7. The van der Waals surface area contributed by atoms with Crippen molar-refractivity contribution in [2.24, 2.45) is 10.3 Å². The number of likely N-dealkylation sites (N-methyl/N-ethyl adjacent to an activating group) is 1. The van der Waals surface area contributed by atoms with Crippen molar-refractivity contribution in [3.05, 3.63) is 29.8 Å². The van der Waals surface area contributed by atoms with Crippen molar-refractivity contribution in [3.8, 4) is 5.75 Å². The number of hydrogen-bond donors (Lipinski definition) is 0. The Kier molecular flexibility index (Phi) is 4.72. The molecule has 3 unspecified atom stereocenters. The van der Waals surface area contributed by atoms with Gasteiger partial charge in [-0.1, -0.05) is 12.1 Å². The minimum atomic E-state index is -3.79. The van der Waals surface area contributed by atoms with Gasteiger partial charge in [-0.15, -0.1) is 4.40 Å². The van der Waals surface area contributed by atoms with Crippen molar-refractivity contribution >= 4 is 21.8 Å². The van der Waals surface area contributed by atoms with Gasteiger partial charge in [-0.25, -0.2) is 8.42 Å². The molecule has 3 atom stereocenters. The molecule has 0 spiro atoms. The van der Waals surface area contributed by atoms with Gasteiger partial charge in [0.15, 0.2) is 0 Å². The van der Waals surface area contributed by atoms with Gasteiger partial charge in [-0.3, -0.25) is 4.79 Å². The van der Waals surface area contributed by atoms with Gasteiger partial charge in [0.2, 0.25) is 0 Å². The van der Waals surface area contributed by atoms with E-state index in [2.05, 4.69) is 4.40 Å². The van der Waals surface area contributed by atoms with Gasteiger partial charge in [0, 0.05) is 13.1 Å². The summed E-state index contributed by atoms with van der Waals surface area (Å²) in [6.45, 7) is 7.00. The molecule has 7 nitrogen and oxygen atoms in total. The van der Waals surface area contributed by atoms with Crippen molar-refractivity contribution in [2.45, 2.75) is 31.4 Å². The first-order valence-electron chi connectivity index (χ1n) is 8.78. The third kappa shape index (κ3) is 2.50. The lowest BCUT2D eigenvalue weighted by atomic mass is 9.90. The number of carbonyl (C=O) groups excluding carboxylic acids is 1. The van der Waals surface area contributed by atoms with E-state index in [4.69, 9.17) is 9.47 Å². The first kappa shape index (κ1) is 18.7. The summed E-state index contributed by atoms with van der Waals surface area (Å²) < 4.78 is 39.9. The average Bonchev–Trinajstić information content (AvgIpc) is 3.28. The Morgan fingerprint density at radius 3 is 2.31 bits per heavy atom. The van der Waals surface area contributed by atoms with Gasteiger partial charge in [-0.05, 0) is 38.5 Å². The van der Waals surface area contributed by atoms with E-state index >= 15 is 0 Å². The number of amidine groups is 1. The maximum atomic E-state index is 12.7. The molecule has 0 bridgehead atoms. The van der Waals surface area contributed by atoms with Gasteiger partial charge >= 0.3 is 5.97 Å². The monoisotopic (exact) mass is 380 g/mol. The highest BCUT2D eigenvalue weighted by atomic mass is 32.2. The molecule has 1 saturated carbocycles. The first-order chi connectivity index (χ1) is 12.4. The summed E-state index contributed by atoms with van der Waals surface area (Å²) in [4.78, 5) is 14.5. The summed E-state index contributed by atoms with van der Waals surface area (Å²) in [5.41, 5.74) is -0.239. The third-order valence-electron chi connectivity index (χ3n) is 5.21. The summed E-state index contributed by atoms with van der Waals surface area (Å²) in [5, 5.41) is -0.905. The number of hydrogen-bond acceptors (Lipinski definition) is 6. The molecule has 142 valence electrons. The Morgan fingerprint density at radius 1 is 1.19 bits per heavy atom. The minimum absolute atomic E-state index is 0.207. The number of benzene rings is 1. The largest absolute Gasteiger partial charge is 0.497 e. The quantitative estimate of drug-likeness (QED) is 0.697. The molecular weight excluding hydrogens is 356 g/mol. The van der Waals surface area contributed by atoms with E-state index < -0.39 is 32.6 Å². The topological polar surface area (TPSA) is 85.3 Å². The molecule has 0 aromatic heterocycles. The van der Waals surface area contributed by atoms with Crippen molar-refractivity contribution in [3.63, 3.8) is 0 Å². The molecule has 0 saturated heterocycles. The molecule has 3 rings (SSSR count). The molecule has 1 aromatic rings. The molecule has 26 heavy (non-hydrogen) atoms. The van der Waals surface area contributed by atoms with E-state index in [1.54, 1.807) is 26.2 Å². The molecule has 0 amide bonds. The van der Waals surface area contributed by atoms with Gasteiger partial charge in [-0.2, -0.15) is 0 Å². The summed E-state index contributed by atoms with van der Waals surface area (Å²) in [6, 6.07) is 7.16. The molecule has 1 aliphatic carbocycles. The lowest BCUT2D eigenvalue weighted by molar-refractivity contribution is -0.145. The van der Waals surface area contributed by atoms with E-state index in [-0.39, 0.29) is 6.61 Å². The number of nitrogens with zero attached hydrogens (tertiary/aromatic N) is 2.